The molecular formula is C13H20N+. The molecule has 1 aromatic rings. The molecule has 1 aromatic carbocycles. The van der Waals surface area contributed by atoms with E-state index in [2.05, 4.69) is 37.4 Å². The summed E-state index contributed by atoms with van der Waals surface area (Å²) in [6.07, 6.45) is 4.14. The topological polar surface area (TPSA) is 16.6 Å². The van der Waals surface area contributed by atoms with Crippen molar-refractivity contribution in [2.24, 2.45) is 0 Å². The second-order valence-corrected chi connectivity index (χ2v) is 4.49. The Balaban J connectivity index is 2.22. The van der Waals surface area contributed by atoms with Crippen LogP contribution in [0, 0.1) is 13.8 Å². The molecule has 0 aromatic heterocycles. The maximum Gasteiger partial charge on any atom is 0.112 e. The van der Waals surface area contributed by atoms with Crippen LogP contribution in [0.1, 0.15) is 42.0 Å². The van der Waals surface area contributed by atoms with E-state index >= 15 is 0 Å². The Bertz CT molecular complexity index is 311. The van der Waals surface area contributed by atoms with Crippen molar-refractivity contribution in [2.45, 2.75) is 39.2 Å². The van der Waals surface area contributed by atoms with Crippen LogP contribution in [0.3, 0.4) is 0 Å². The smallest absolute Gasteiger partial charge is 0.112 e. The molecule has 0 amide bonds. The van der Waals surface area contributed by atoms with Gasteiger partial charge in [0.25, 0.3) is 0 Å². The molecule has 0 radical (unpaired) electrons. The van der Waals surface area contributed by atoms with Gasteiger partial charge in [-0.3, -0.25) is 0 Å². The average Bonchev–Trinajstić information content (AvgIpc) is 2.19. The predicted molar refractivity (Wildman–Crippen MR) is 59.3 cm³/mol. The Morgan fingerprint density at radius 3 is 2.71 bits per heavy atom. The standard InChI is InChI=1S/C13H19N/c1-10-6-7-12(11(2)9-10)13-5-3-4-8-14-13/h6-7,9,13-14H,3-5,8H2,1-2H3/p+1/t13-/m1/s1. The number of hydrogen-bond acceptors (Lipinski definition) is 0. The van der Waals surface area contributed by atoms with E-state index in [0.717, 1.165) is 6.04 Å². The van der Waals surface area contributed by atoms with Gasteiger partial charge in [-0.25, -0.2) is 0 Å². The van der Waals surface area contributed by atoms with E-state index in [-0.39, 0.29) is 0 Å². The third-order valence-electron chi connectivity index (χ3n) is 3.25. The van der Waals surface area contributed by atoms with Crippen molar-refractivity contribution < 1.29 is 5.32 Å². The maximum absolute atomic E-state index is 2.50. The first-order valence-electron chi connectivity index (χ1n) is 5.68. The minimum Gasteiger partial charge on any atom is -0.340 e. The highest BCUT2D eigenvalue weighted by molar-refractivity contribution is 5.31. The number of hydrogen-bond donors (Lipinski definition) is 1. The van der Waals surface area contributed by atoms with Crippen LogP contribution in [-0.2, 0) is 0 Å². The van der Waals surface area contributed by atoms with Crippen molar-refractivity contribution in [3.05, 3.63) is 34.9 Å². The zero-order valence-corrected chi connectivity index (χ0v) is 9.22. The maximum atomic E-state index is 2.50. The van der Waals surface area contributed by atoms with Gasteiger partial charge in [0.2, 0.25) is 0 Å². The Morgan fingerprint density at radius 1 is 1.21 bits per heavy atom. The Morgan fingerprint density at radius 2 is 2.07 bits per heavy atom. The number of aryl methyl sites for hydroxylation is 2. The van der Waals surface area contributed by atoms with Gasteiger partial charge in [0.15, 0.2) is 0 Å². The molecule has 1 heteroatoms. The van der Waals surface area contributed by atoms with Crippen LogP contribution >= 0.6 is 0 Å². The lowest BCUT2D eigenvalue weighted by molar-refractivity contribution is -0.704. The van der Waals surface area contributed by atoms with Gasteiger partial charge in [0.1, 0.15) is 6.04 Å². The van der Waals surface area contributed by atoms with Gasteiger partial charge in [0, 0.05) is 12.0 Å². The molecule has 2 rings (SSSR count). The number of quaternary nitrogens is 1. The zero-order valence-electron chi connectivity index (χ0n) is 9.22. The first-order chi connectivity index (χ1) is 6.77. The summed E-state index contributed by atoms with van der Waals surface area (Å²) in [5.41, 5.74) is 4.39. The van der Waals surface area contributed by atoms with E-state index in [1.807, 2.05) is 0 Å². The molecule has 0 saturated carbocycles. The van der Waals surface area contributed by atoms with Gasteiger partial charge in [-0.1, -0.05) is 23.8 Å². The van der Waals surface area contributed by atoms with Crippen molar-refractivity contribution in [1.82, 2.24) is 0 Å². The van der Waals surface area contributed by atoms with Crippen LogP contribution in [-0.4, -0.2) is 6.54 Å². The largest absolute Gasteiger partial charge is 0.340 e. The summed E-state index contributed by atoms with van der Waals surface area (Å²) in [5.74, 6) is 0. The fourth-order valence-corrected chi connectivity index (χ4v) is 2.47. The number of piperidine rings is 1. The van der Waals surface area contributed by atoms with Crippen molar-refractivity contribution in [3.63, 3.8) is 0 Å². The molecule has 1 aliphatic rings. The summed E-state index contributed by atoms with van der Waals surface area (Å²) in [6.45, 7) is 5.71. The third-order valence-corrected chi connectivity index (χ3v) is 3.25. The van der Waals surface area contributed by atoms with Crippen LogP contribution < -0.4 is 5.32 Å². The first kappa shape index (κ1) is 9.72. The molecule has 1 fully saturated rings. The first-order valence-corrected chi connectivity index (χ1v) is 5.68. The SMILES string of the molecule is Cc1ccc([C@H]2CCCC[NH2+]2)c(C)c1. The third kappa shape index (κ3) is 1.98. The number of benzene rings is 1. The average molecular weight is 190 g/mol. The Kier molecular flexibility index (Phi) is 2.87. The minimum atomic E-state index is 0.726. The van der Waals surface area contributed by atoms with E-state index < -0.39 is 0 Å². The normalized spacial score (nSPS) is 22.3. The van der Waals surface area contributed by atoms with Crippen molar-refractivity contribution in [3.8, 4) is 0 Å². The van der Waals surface area contributed by atoms with Crippen LogP contribution in [0.25, 0.3) is 0 Å². The molecule has 76 valence electrons. The molecule has 0 aliphatic carbocycles. The summed E-state index contributed by atoms with van der Waals surface area (Å²) >= 11 is 0. The van der Waals surface area contributed by atoms with E-state index in [0.29, 0.717) is 0 Å². The van der Waals surface area contributed by atoms with Gasteiger partial charge in [0.05, 0.1) is 6.54 Å². The van der Waals surface area contributed by atoms with Crippen molar-refractivity contribution in [1.29, 1.82) is 0 Å². The van der Waals surface area contributed by atoms with Gasteiger partial charge in [-0.15, -0.1) is 0 Å². The predicted octanol–water partition coefficient (Wildman–Crippen LogP) is 2.09. The Labute approximate surface area is 86.5 Å². The summed E-state index contributed by atoms with van der Waals surface area (Å²) in [6, 6.07) is 7.59. The Hall–Kier alpha value is -0.820. The summed E-state index contributed by atoms with van der Waals surface area (Å²) < 4.78 is 0. The van der Waals surface area contributed by atoms with Crippen LogP contribution in [0.15, 0.2) is 18.2 Å². The lowest BCUT2D eigenvalue weighted by Crippen LogP contribution is -2.86. The van der Waals surface area contributed by atoms with Crippen molar-refractivity contribution >= 4 is 0 Å². The summed E-state index contributed by atoms with van der Waals surface area (Å²) in [5, 5.41) is 2.50. The minimum absolute atomic E-state index is 0.726. The van der Waals surface area contributed by atoms with Crippen LogP contribution in [0.2, 0.25) is 0 Å². The molecule has 1 saturated heterocycles. The van der Waals surface area contributed by atoms with Crippen LogP contribution in [0.5, 0.6) is 0 Å². The molecule has 0 unspecified atom stereocenters. The van der Waals surface area contributed by atoms with Gasteiger partial charge in [-0.05, 0) is 32.3 Å². The van der Waals surface area contributed by atoms with Gasteiger partial charge >= 0.3 is 0 Å². The molecule has 2 N–H and O–H groups in total. The summed E-state index contributed by atoms with van der Waals surface area (Å²) in [4.78, 5) is 0. The van der Waals surface area contributed by atoms with Crippen molar-refractivity contribution in [2.75, 3.05) is 6.54 Å². The lowest BCUT2D eigenvalue weighted by Gasteiger charge is -2.22. The molecular weight excluding hydrogens is 170 g/mol. The van der Waals surface area contributed by atoms with E-state index in [4.69, 9.17) is 0 Å². The zero-order chi connectivity index (χ0) is 9.97. The van der Waals surface area contributed by atoms with E-state index in [9.17, 15) is 0 Å². The second kappa shape index (κ2) is 4.14. The van der Waals surface area contributed by atoms with Gasteiger partial charge < -0.3 is 5.32 Å². The molecule has 0 spiro atoms. The molecule has 1 aliphatic heterocycles. The highest BCUT2D eigenvalue weighted by atomic mass is 14.9. The highest BCUT2D eigenvalue weighted by Gasteiger charge is 2.19. The van der Waals surface area contributed by atoms with E-state index in [1.165, 1.54) is 36.9 Å². The molecule has 14 heavy (non-hydrogen) atoms. The lowest BCUT2D eigenvalue weighted by atomic mass is 9.93. The highest BCUT2D eigenvalue weighted by Crippen LogP contribution is 2.21. The number of nitrogens with two attached hydrogens (primary N) is 1. The molecule has 0 bridgehead atoms. The monoisotopic (exact) mass is 190 g/mol. The second-order valence-electron chi connectivity index (χ2n) is 4.49. The summed E-state index contributed by atoms with van der Waals surface area (Å²) in [7, 11) is 0. The van der Waals surface area contributed by atoms with E-state index in [1.54, 1.807) is 5.56 Å². The molecule has 1 atom stereocenters. The van der Waals surface area contributed by atoms with Crippen LogP contribution in [0.4, 0.5) is 0 Å². The van der Waals surface area contributed by atoms with Gasteiger partial charge in [-0.2, -0.15) is 0 Å². The quantitative estimate of drug-likeness (QED) is 0.698. The number of rotatable bonds is 1. The molecule has 1 heterocycles. The fraction of sp³-hybridized carbons (Fsp3) is 0.538. The fourth-order valence-electron chi connectivity index (χ4n) is 2.47. The molecule has 1 nitrogen and oxygen atoms in total.